The minimum Gasteiger partial charge on any atom is -0.491 e. The van der Waals surface area contributed by atoms with Crippen LogP contribution in [0.15, 0.2) is 83.2 Å². The molecule has 0 spiro atoms. The van der Waals surface area contributed by atoms with Crippen LogP contribution in [0.4, 0.5) is 34.1 Å². The van der Waals surface area contributed by atoms with Crippen LogP contribution in [-0.4, -0.2) is 91.8 Å². The van der Waals surface area contributed by atoms with Crippen LogP contribution >= 0.6 is 0 Å². The van der Waals surface area contributed by atoms with Crippen LogP contribution in [0, 0.1) is 19.3 Å². The molecule has 0 fully saturated rings. The van der Waals surface area contributed by atoms with Gasteiger partial charge in [-0.2, -0.15) is 8.42 Å². The van der Waals surface area contributed by atoms with Gasteiger partial charge < -0.3 is 52.4 Å². The van der Waals surface area contributed by atoms with Crippen molar-refractivity contribution >= 4 is 55.9 Å². The van der Waals surface area contributed by atoms with E-state index in [0.29, 0.717) is 54.8 Å². The summed E-state index contributed by atoms with van der Waals surface area (Å²) in [6.07, 6.45) is 7.49. The Morgan fingerprint density at radius 1 is 0.712 bits per heavy atom. The van der Waals surface area contributed by atoms with E-state index in [2.05, 4.69) is 54.6 Å². The zero-order valence-corrected chi connectivity index (χ0v) is 36.1. The van der Waals surface area contributed by atoms with Crippen LogP contribution < -0.4 is 37.5 Å². The minimum atomic E-state index is -4.67. The number of hydrogen-bond acceptors (Lipinski definition) is 14. The van der Waals surface area contributed by atoms with Gasteiger partial charge in [0.25, 0.3) is 0 Å². The van der Waals surface area contributed by atoms with Gasteiger partial charge in [-0.15, -0.1) is 0 Å². The van der Waals surface area contributed by atoms with E-state index in [1.165, 1.54) is 0 Å². The number of nitrogens with two attached hydrogens (primary N) is 4. The number of hydrogen-bond donors (Lipinski definition) is 9. The Kier molecular flexibility index (Phi) is 24.0. The summed E-state index contributed by atoms with van der Waals surface area (Å²) in [7, 11) is -4.67. The number of unbranched alkanes of at least 4 members (excludes halogenated alkanes) is 2. The van der Waals surface area contributed by atoms with Crippen molar-refractivity contribution in [1.29, 1.82) is 5.41 Å². The predicted molar refractivity (Wildman–Crippen MR) is 243 cm³/mol. The first kappa shape index (κ1) is 51.7. The first-order valence-electron chi connectivity index (χ1n) is 19.6. The van der Waals surface area contributed by atoms with Crippen molar-refractivity contribution in [3.8, 4) is 5.75 Å². The van der Waals surface area contributed by atoms with E-state index in [1.54, 1.807) is 30.4 Å². The Morgan fingerprint density at radius 3 is 1.71 bits per heavy atom. The summed E-state index contributed by atoms with van der Waals surface area (Å²) in [4.78, 5) is 8.88. The van der Waals surface area contributed by atoms with Crippen molar-refractivity contribution in [2.45, 2.75) is 67.2 Å². The molecule has 0 unspecified atom stereocenters. The summed E-state index contributed by atoms with van der Waals surface area (Å²) >= 11 is 0. The molecule has 0 amide bonds. The maximum absolute atomic E-state index is 9.20. The first-order valence-corrected chi connectivity index (χ1v) is 21.0. The second-order valence-electron chi connectivity index (χ2n) is 13.3. The lowest BCUT2D eigenvalue weighted by molar-refractivity contribution is 0.215. The SMILES string of the molecule is CCCCOC1=CC(=Nc2ccc(N(CC)CCO)cc2C)C(=N)C=C1N.CCCCOc1ccc(N)cc1N.CCN(CCO)c1ccc(N)c(C)c1.O=S(=O)(O)O. The van der Waals surface area contributed by atoms with Crippen molar-refractivity contribution in [2.24, 2.45) is 10.7 Å². The smallest absolute Gasteiger partial charge is 0.394 e. The number of likely N-dealkylation sites (N-methyl/N-ethyl adjacent to an activating group) is 2. The number of nitrogens with one attached hydrogen (secondary N) is 1. The third kappa shape index (κ3) is 20.3. The quantitative estimate of drug-likeness (QED) is 0.0315. The lowest BCUT2D eigenvalue weighted by Gasteiger charge is -2.22. The summed E-state index contributed by atoms with van der Waals surface area (Å²) in [6, 6.07) is 17.2. The van der Waals surface area contributed by atoms with Crippen molar-refractivity contribution in [3.63, 3.8) is 0 Å². The minimum absolute atomic E-state index is 0.119. The monoisotopic (exact) mass is 842 g/mol. The average Bonchev–Trinajstić information content (AvgIpc) is 3.17. The summed E-state index contributed by atoms with van der Waals surface area (Å²) < 4.78 is 42.8. The number of benzene rings is 3. The number of nitrogens with zero attached hydrogens (tertiary/aromatic N) is 3. The molecule has 3 aromatic rings. The molecular formula is C42H66N8O8S. The zero-order valence-electron chi connectivity index (χ0n) is 35.3. The highest BCUT2D eigenvalue weighted by molar-refractivity contribution is 7.79. The molecular weight excluding hydrogens is 777 g/mol. The van der Waals surface area contributed by atoms with Crippen molar-refractivity contribution in [3.05, 3.63) is 89.3 Å². The number of anilines is 5. The molecule has 3 aromatic carbocycles. The number of aliphatic hydroxyl groups excluding tert-OH is 2. The Morgan fingerprint density at radius 2 is 1.24 bits per heavy atom. The van der Waals surface area contributed by atoms with Crippen LogP contribution in [0.1, 0.15) is 64.5 Å². The van der Waals surface area contributed by atoms with Crippen LogP contribution in [0.25, 0.3) is 0 Å². The topological polar surface area (TPSA) is 280 Å². The molecule has 0 heterocycles. The second kappa shape index (κ2) is 27.4. The summed E-state index contributed by atoms with van der Waals surface area (Å²) in [5.74, 6) is 1.30. The number of nitrogen functional groups attached to an aromatic ring is 3. The van der Waals surface area contributed by atoms with E-state index < -0.39 is 10.4 Å². The molecule has 328 valence electrons. The number of aryl methyl sites for hydroxylation is 2. The molecule has 0 radical (unpaired) electrons. The molecule has 0 bridgehead atoms. The molecule has 59 heavy (non-hydrogen) atoms. The summed E-state index contributed by atoms with van der Waals surface area (Å²) in [5.41, 5.74) is 31.4. The standard InChI is InChI=1S/C21H30N4O2.C11H18N2O.C10H16N2O.H2O4S/c1-4-6-11-27-21-14-20(17(22)13-18(21)23)24-19-8-7-16(12-15(19)3)25(5-2)9-10-26;1-3-13(6-7-14)10-4-5-11(12)9(2)8-10;1-2-3-6-13-10-5-4-8(11)7-9(10)12;1-5(2,3)4/h7-8,12-14,22,26H,4-6,9-11,23H2,1-3H3;4-5,8,14H,3,6-7,12H2,1-2H3;4-5,7H,2-3,6,11-12H2,1H3;(H2,1,2,3,4). The Bertz CT molecular complexity index is 1950. The molecule has 1 aliphatic rings. The van der Waals surface area contributed by atoms with Gasteiger partial charge in [0.1, 0.15) is 11.5 Å². The van der Waals surface area contributed by atoms with E-state index in [0.717, 1.165) is 78.4 Å². The fourth-order valence-electron chi connectivity index (χ4n) is 5.28. The zero-order chi connectivity index (χ0) is 44.5. The lowest BCUT2D eigenvalue weighted by atomic mass is 10.1. The van der Waals surface area contributed by atoms with E-state index in [-0.39, 0.29) is 18.9 Å². The van der Waals surface area contributed by atoms with Crippen LogP contribution in [0.2, 0.25) is 0 Å². The van der Waals surface area contributed by atoms with Crippen LogP contribution in [0.5, 0.6) is 5.75 Å². The molecule has 4 rings (SSSR count). The number of ether oxygens (including phenoxy) is 2. The Balaban J connectivity index is 0.000000455. The van der Waals surface area contributed by atoms with Gasteiger partial charge in [-0.05, 0) is 112 Å². The number of aliphatic hydroxyl groups is 2. The molecule has 0 aliphatic heterocycles. The van der Waals surface area contributed by atoms with Gasteiger partial charge >= 0.3 is 10.4 Å². The van der Waals surface area contributed by atoms with Gasteiger partial charge in [-0.3, -0.25) is 14.5 Å². The molecule has 1 aliphatic carbocycles. The van der Waals surface area contributed by atoms with Crippen LogP contribution in [0.3, 0.4) is 0 Å². The lowest BCUT2D eigenvalue weighted by Crippen LogP contribution is -2.26. The van der Waals surface area contributed by atoms with Gasteiger partial charge in [0.2, 0.25) is 0 Å². The van der Waals surface area contributed by atoms with E-state index in [9.17, 15) is 5.11 Å². The molecule has 0 saturated carbocycles. The van der Waals surface area contributed by atoms with E-state index in [1.807, 2.05) is 38.1 Å². The van der Waals surface area contributed by atoms with Crippen molar-refractivity contribution in [1.82, 2.24) is 0 Å². The van der Waals surface area contributed by atoms with Crippen molar-refractivity contribution in [2.75, 3.05) is 79.6 Å². The maximum atomic E-state index is 9.20. The number of rotatable bonds is 17. The molecule has 0 saturated heterocycles. The van der Waals surface area contributed by atoms with Crippen molar-refractivity contribution < 1.29 is 37.2 Å². The Labute approximate surface area is 350 Å². The highest BCUT2D eigenvalue weighted by atomic mass is 32.3. The van der Waals surface area contributed by atoms with Gasteiger partial charge in [-0.1, -0.05) is 26.7 Å². The number of aliphatic imine (C=N–C) groups is 1. The Hall–Kier alpha value is -5.33. The maximum Gasteiger partial charge on any atom is 0.394 e. The largest absolute Gasteiger partial charge is 0.491 e. The summed E-state index contributed by atoms with van der Waals surface area (Å²) in [5, 5.41) is 26.3. The molecule has 13 N–H and O–H groups in total. The van der Waals surface area contributed by atoms with Gasteiger partial charge in [-0.25, -0.2) is 4.99 Å². The highest BCUT2D eigenvalue weighted by Gasteiger charge is 2.16. The van der Waals surface area contributed by atoms with E-state index in [4.69, 9.17) is 60.4 Å². The third-order valence-electron chi connectivity index (χ3n) is 8.58. The molecule has 16 nitrogen and oxygen atoms in total. The highest BCUT2D eigenvalue weighted by Crippen LogP contribution is 2.27. The average molecular weight is 843 g/mol. The summed E-state index contributed by atoms with van der Waals surface area (Å²) in [6.45, 7) is 16.9. The van der Waals surface area contributed by atoms with Crippen LogP contribution in [-0.2, 0) is 15.1 Å². The van der Waals surface area contributed by atoms with Gasteiger partial charge in [0, 0.05) is 55.0 Å². The predicted octanol–water partition coefficient (Wildman–Crippen LogP) is 6.24. The molecule has 17 heteroatoms. The van der Waals surface area contributed by atoms with Gasteiger partial charge in [0.05, 0.1) is 54.9 Å². The van der Waals surface area contributed by atoms with E-state index >= 15 is 0 Å². The first-order chi connectivity index (χ1) is 27.9. The van der Waals surface area contributed by atoms with Gasteiger partial charge in [0.15, 0.2) is 0 Å². The number of allylic oxidation sites excluding steroid dienone is 2. The fourth-order valence-corrected chi connectivity index (χ4v) is 5.28. The second-order valence-corrected chi connectivity index (χ2v) is 14.2. The molecule has 0 aromatic heterocycles. The fraction of sp³-hybridized carbons (Fsp3) is 0.429. The normalized spacial score (nSPS) is 12.7. The third-order valence-corrected chi connectivity index (χ3v) is 8.58. The molecule has 0 atom stereocenters.